The Morgan fingerprint density at radius 2 is 2.00 bits per heavy atom. The van der Waals surface area contributed by atoms with Crippen molar-refractivity contribution in [1.29, 1.82) is 0 Å². The molecule has 0 saturated carbocycles. The van der Waals surface area contributed by atoms with Gasteiger partial charge in [0.05, 0.1) is 12.6 Å². The number of aromatic nitrogens is 3. The summed E-state index contributed by atoms with van der Waals surface area (Å²) < 4.78 is 0. The first kappa shape index (κ1) is 11.8. The Kier molecular flexibility index (Phi) is 3.33. The second-order valence-electron chi connectivity index (χ2n) is 3.65. The summed E-state index contributed by atoms with van der Waals surface area (Å²) in [6.45, 7) is 0. The normalized spacial score (nSPS) is 10.0. The predicted octanol–water partition coefficient (Wildman–Crippen LogP) is 0.0848. The van der Waals surface area contributed by atoms with Gasteiger partial charge in [0.1, 0.15) is 0 Å². The number of hydrogen-bond donors (Lipinski definition) is 3. The Labute approximate surface area is 102 Å². The van der Waals surface area contributed by atoms with Gasteiger partial charge < -0.3 is 11.1 Å². The average molecular weight is 245 g/mol. The molecule has 0 atom stereocenters. The monoisotopic (exact) mass is 245 g/mol. The van der Waals surface area contributed by atoms with Crippen molar-refractivity contribution >= 4 is 17.5 Å². The van der Waals surface area contributed by atoms with Crippen molar-refractivity contribution in [2.75, 3.05) is 5.32 Å². The molecule has 7 nitrogen and oxygen atoms in total. The van der Waals surface area contributed by atoms with Gasteiger partial charge in [-0.3, -0.25) is 9.59 Å². The first-order valence-electron chi connectivity index (χ1n) is 5.19. The maximum Gasteiger partial charge on any atom is 0.277 e. The number of rotatable bonds is 4. The molecule has 0 aliphatic carbocycles. The van der Waals surface area contributed by atoms with E-state index in [1.165, 1.54) is 6.20 Å². The molecule has 2 aromatic rings. The van der Waals surface area contributed by atoms with Crippen molar-refractivity contribution in [1.82, 2.24) is 15.4 Å². The number of primary amides is 1. The van der Waals surface area contributed by atoms with E-state index < -0.39 is 5.91 Å². The molecule has 0 aliphatic rings. The lowest BCUT2D eigenvalue weighted by molar-refractivity contribution is -0.117. The van der Waals surface area contributed by atoms with Gasteiger partial charge in [0.15, 0.2) is 5.69 Å². The molecular weight excluding hydrogens is 234 g/mol. The molecule has 0 bridgehead atoms. The Morgan fingerprint density at radius 1 is 1.28 bits per heavy atom. The van der Waals surface area contributed by atoms with Crippen LogP contribution < -0.4 is 11.1 Å². The molecule has 1 heterocycles. The summed E-state index contributed by atoms with van der Waals surface area (Å²) >= 11 is 0. The third-order valence-corrected chi connectivity index (χ3v) is 2.24. The molecule has 92 valence electrons. The summed E-state index contributed by atoms with van der Waals surface area (Å²) in [6.07, 6.45) is 1.51. The van der Waals surface area contributed by atoms with E-state index in [0.717, 1.165) is 5.56 Å². The molecule has 2 rings (SSSR count). The molecule has 2 amide bonds. The summed E-state index contributed by atoms with van der Waals surface area (Å²) in [4.78, 5) is 22.4. The van der Waals surface area contributed by atoms with Crippen LogP contribution in [-0.2, 0) is 11.2 Å². The zero-order valence-electron chi connectivity index (χ0n) is 9.38. The Bertz CT molecular complexity index is 547. The highest BCUT2D eigenvalue weighted by molar-refractivity contribution is 6.02. The van der Waals surface area contributed by atoms with Gasteiger partial charge in [-0.1, -0.05) is 12.1 Å². The Hall–Kier alpha value is -2.70. The summed E-state index contributed by atoms with van der Waals surface area (Å²) in [5.41, 5.74) is 6.69. The van der Waals surface area contributed by atoms with E-state index in [4.69, 9.17) is 5.73 Å². The van der Waals surface area contributed by atoms with Crippen LogP contribution in [-0.4, -0.2) is 27.2 Å². The first-order chi connectivity index (χ1) is 8.65. The minimum Gasteiger partial charge on any atom is -0.369 e. The molecule has 0 spiro atoms. The maximum absolute atomic E-state index is 11.6. The van der Waals surface area contributed by atoms with Gasteiger partial charge in [-0.05, 0) is 17.7 Å². The second-order valence-corrected chi connectivity index (χ2v) is 3.65. The Balaban J connectivity index is 2.02. The summed E-state index contributed by atoms with van der Waals surface area (Å²) in [7, 11) is 0. The fourth-order valence-corrected chi connectivity index (χ4v) is 1.41. The van der Waals surface area contributed by atoms with E-state index in [1.807, 2.05) is 0 Å². The number of nitrogens with two attached hydrogens (primary N) is 1. The van der Waals surface area contributed by atoms with E-state index >= 15 is 0 Å². The largest absolute Gasteiger partial charge is 0.369 e. The van der Waals surface area contributed by atoms with Crippen molar-refractivity contribution in [2.24, 2.45) is 5.73 Å². The van der Waals surface area contributed by atoms with E-state index in [1.54, 1.807) is 24.3 Å². The van der Waals surface area contributed by atoms with Gasteiger partial charge in [-0.2, -0.15) is 15.4 Å². The maximum atomic E-state index is 11.6. The zero-order valence-corrected chi connectivity index (χ0v) is 9.38. The number of aromatic amines is 1. The third-order valence-electron chi connectivity index (χ3n) is 2.24. The van der Waals surface area contributed by atoms with Crippen LogP contribution in [0.4, 0.5) is 5.69 Å². The van der Waals surface area contributed by atoms with Crippen LogP contribution >= 0.6 is 0 Å². The molecule has 0 fully saturated rings. The number of hydrogen-bond acceptors (Lipinski definition) is 4. The first-order valence-corrected chi connectivity index (χ1v) is 5.19. The van der Waals surface area contributed by atoms with Gasteiger partial charge in [0.25, 0.3) is 5.91 Å². The molecule has 18 heavy (non-hydrogen) atoms. The number of carbonyl (C=O) groups excluding carboxylic acids is 2. The van der Waals surface area contributed by atoms with Crippen LogP contribution in [0.2, 0.25) is 0 Å². The summed E-state index contributed by atoms with van der Waals surface area (Å²) in [5, 5.41) is 12.2. The van der Waals surface area contributed by atoms with Gasteiger partial charge in [-0.25, -0.2) is 0 Å². The highest BCUT2D eigenvalue weighted by Crippen LogP contribution is 2.10. The number of nitrogens with zero attached hydrogens (tertiary/aromatic N) is 2. The van der Waals surface area contributed by atoms with Crippen molar-refractivity contribution in [3.63, 3.8) is 0 Å². The fraction of sp³-hybridized carbons (Fsp3) is 0.0909. The molecular formula is C11H11N5O2. The average Bonchev–Trinajstić information content (AvgIpc) is 2.84. The highest BCUT2D eigenvalue weighted by Gasteiger charge is 2.08. The van der Waals surface area contributed by atoms with Gasteiger partial charge in [0.2, 0.25) is 5.91 Å². The molecule has 7 heteroatoms. The van der Waals surface area contributed by atoms with E-state index in [2.05, 4.69) is 20.7 Å². The molecule has 1 aromatic heterocycles. The van der Waals surface area contributed by atoms with Crippen molar-refractivity contribution in [3.05, 3.63) is 41.7 Å². The minimum absolute atomic E-state index is 0.178. The van der Waals surface area contributed by atoms with Gasteiger partial charge in [0, 0.05) is 5.69 Å². The van der Waals surface area contributed by atoms with Crippen molar-refractivity contribution in [2.45, 2.75) is 6.42 Å². The Morgan fingerprint density at radius 3 is 2.56 bits per heavy atom. The summed E-state index contributed by atoms with van der Waals surface area (Å²) in [5.74, 6) is -0.749. The van der Waals surface area contributed by atoms with Crippen LogP contribution in [0.5, 0.6) is 0 Å². The zero-order chi connectivity index (χ0) is 13.0. The molecule has 1 aromatic carbocycles. The number of H-pyrrole nitrogens is 1. The van der Waals surface area contributed by atoms with E-state index in [-0.39, 0.29) is 18.0 Å². The number of nitrogens with one attached hydrogen (secondary N) is 2. The van der Waals surface area contributed by atoms with Crippen LogP contribution in [0.25, 0.3) is 0 Å². The molecule has 4 N–H and O–H groups in total. The number of carbonyl (C=O) groups is 2. The lowest BCUT2D eigenvalue weighted by Gasteiger charge is -2.04. The van der Waals surface area contributed by atoms with Crippen LogP contribution in [0, 0.1) is 0 Å². The van der Waals surface area contributed by atoms with Gasteiger partial charge >= 0.3 is 0 Å². The summed E-state index contributed by atoms with van der Waals surface area (Å²) in [6, 6.07) is 6.83. The van der Waals surface area contributed by atoms with Crippen LogP contribution in [0.15, 0.2) is 30.5 Å². The fourth-order valence-electron chi connectivity index (χ4n) is 1.41. The van der Waals surface area contributed by atoms with Crippen molar-refractivity contribution in [3.8, 4) is 0 Å². The number of amides is 2. The molecule has 0 radical (unpaired) electrons. The topological polar surface area (TPSA) is 114 Å². The molecule has 0 saturated heterocycles. The van der Waals surface area contributed by atoms with Crippen LogP contribution in [0.3, 0.4) is 0 Å². The van der Waals surface area contributed by atoms with Crippen LogP contribution in [0.1, 0.15) is 16.1 Å². The smallest absolute Gasteiger partial charge is 0.277 e. The SMILES string of the molecule is NC(=O)Cc1ccc(NC(=O)c2cn[nH]n2)cc1. The second kappa shape index (κ2) is 5.09. The third kappa shape index (κ3) is 2.91. The lowest BCUT2D eigenvalue weighted by Crippen LogP contribution is -2.14. The molecule has 0 aliphatic heterocycles. The highest BCUT2D eigenvalue weighted by atomic mass is 16.2. The number of anilines is 1. The predicted molar refractivity (Wildman–Crippen MR) is 63.7 cm³/mol. The van der Waals surface area contributed by atoms with E-state index in [9.17, 15) is 9.59 Å². The minimum atomic E-state index is -0.394. The standard InChI is InChI=1S/C11H11N5O2/c12-10(17)5-7-1-3-8(4-2-7)14-11(18)9-6-13-16-15-9/h1-4,6H,5H2,(H2,12,17)(H,14,18)(H,13,15,16). The molecule has 0 unspecified atom stereocenters. The van der Waals surface area contributed by atoms with Crippen molar-refractivity contribution < 1.29 is 9.59 Å². The lowest BCUT2D eigenvalue weighted by atomic mass is 10.1. The van der Waals surface area contributed by atoms with E-state index in [0.29, 0.717) is 5.69 Å². The quantitative estimate of drug-likeness (QED) is 0.707. The van der Waals surface area contributed by atoms with Gasteiger partial charge in [-0.15, -0.1) is 0 Å². The number of benzene rings is 1.